The lowest BCUT2D eigenvalue weighted by Crippen LogP contribution is -2.39. The fourth-order valence-electron chi connectivity index (χ4n) is 3.42. The summed E-state index contributed by atoms with van der Waals surface area (Å²) in [5.74, 6) is 1.36. The van der Waals surface area contributed by atoms with E-state index < -0.39 is 11.6 Å². The number of H-pyrrole nitrogens is 1. The number of rotatable bonds is 8. The van der Waals surface area contributed by atoms with Crippen molar-refractivity contribution in [3.05, 3.63) is 41.6 Å². The number of aliphatic hydroxyl groups is 1. The Bertz CT molecular complexity index is 1380. The lowest BCUT2D eigenvalue weighted by molar-refractivity contribution is -0.126. The number of aromatic nitrogens is 5. The SMILES string of the molecule is COc1cc(-c2nc(Nc3ccc4[nH]ncc4c3Cl)n(C)n2)ccc1OCC(=O)NC1(O)CC1. The van der Waals surface area contributed by atoms with Crippen LogP contribution in [0, 0.1) is 0 Å². The Kier molecular flexibility index (Phi) is 5.50. The minimum atomic E-state index is -1.08. The van der Waals surface area contributed by atoms with Gasteiger partial charge in [-0.3, -0.25) is 9.89 Å². The molecule has 0 saturated heterocycles. The number of nitrogens with one attached hydrogen (secondary N) is 3. The summed E-state index contributed by atoms with van der Waals surface area (Å²) in [6, 6.07) is 8.90. The van der Waals surface area contributed by atoms with Gasteiger partial charge in [-0.15, -0.1) is 5.10 Å². The highest BCUT2D eigenvalue weighted by atomic mass is 35.5. The summed E-state index contributed by atoms with van der Waals surface area (Å²) >= 11 is 6.50. The number of ether oxygens (including phenoxy) is 2. The van der Waals surface area contributed by atoms with Gasteiger partial charge in [0.25, 0.3) is 5.91 Å². The molecule has 1 aliphatic carbocycles. The van der Waals surface area contributed by atoms with Crippen molar-refractivity contribution in [1.82, 2.24) is 30.3 Å². The average Bonchev–Trinajstić information content (AvgIpc) is 3.20. The second kappa shape index (κ2) is 8.50. The van der Waals surface area contributed by atoms with Crippen LogP contribution in [0.4, 0.5) is 11.6 Å². The number of hydrogen-bond acceptors (Lipinski definition) is 8. The van der Waals surface area contributed by atoms with Crippen LogP contribution in [-0.4, -0.2) is 55.4 Å². The highest BCUT2D eigenvalue weighted by Crippen LogP contribution is 2.34. The standard InChI is InChI=1S/C22H22ClN7O4/c1-30-21(25-15-5-4-14-13(19(15)23)10-24-28-14)26-20(29-30)12-3-6-16(17(9-12)33-2)34-11-18(31)27-22(32)7-8-22/h3-6,9-10,32H,7-8,11H2,1-2H3,(H,24,28)(H,27,31)(H,25,26,29). The van der Waals surface area contributed by atoms with Crippen molar-refractivity contribution in [2.45, 2.75) is 18.6 Å². The molecule has 0 atom stereocenters. The molecular formula is C22H22ClN7O4. The minimum absolute atomic E-state index is 0.240. The van der Waals surface area contributed by atoms with E-state index in [1.807, 2.05) is 12.1 Å². The summed E-state index contributed by atoms with van der Waals surface area (Å²) in [4.78, 5) is 16.5. The second-order valence-corrected chi connectivity index (χ2v) is 8.38. The van der Waals surface area contributed by atoms with Gasteiger partial charge in [0.1, 0.15) is 5.72 Å². The number of nitrogens with zero attached hydrogens (tertiary/aromatic N) is 4. The highest BCUT2D eigenvalue weighted by Gasteiger charge is 2.41. The molecule has 5 rings (SSSR count). The van der Waals surface area contributed by atoms with E-state index in [2.05, 4.69) is 30.9 Å². The number of methoxy groups -OCH3 is 1. The molecule has 0 radical (unpaired) electrons. The first-order valence-corrected chi connectivity index (χ1v) is 10.9. The topological polar surface area (TPSA) is 139 Å². The van der Waals surface area contributed by atoms with E-state index >= 15 is 0 Å². The van der Waals surface area contributed by atoms with E-state index in [0.29, 0.717) is 52.4 Å². The first kappa shape index (κ1) is 22.0. The van der Waals surface area contributed by atoms with Gasteiger partial charge in [0.2, 0.25) is 5.95 Å². The van der Waals surface area contributed by atoms with Crippen molar-refractivity contribution in [3.63, 3.8) is 0 Å². The van der Waals surface area contributed by atoms with Crippen LogP contribution in [-0.2, 0) is 11.8 Å². The summed E-state index contributed by atoms with van der Waals surface area (Å²) < 4.78 is 12.6. The molecule has 2 heterocycles. The molecule has 1 aliphatic rings. The van der Waals surface area contributed by atoms with E-state index in [-0.39, 0.29) is 6.61 Å². The zero-order chi connectivity index (χ0) is 23.9. The van der Waals surface area contributed by atoms with Gasteiger partial charge >= 0.3 is 0 Å². The number of carbonyl (C=O) groups is 1. The molecule has 1 fully saturated rings. The maximum absolute atomic E-state index is 11.9. The Morgan fingerprint density at radius 1 is 1.29 bits per heavy atom. The van der Waals surface area contributed by atoms with Gasteiger partial charge in [-0.05, 0) is 43.2 Å². The third-order valence-electron chi connectivity index (χ3n) is 5.44. The van der Waals surface area contributed by atoms with Gasteiger partial charge in [0.15, 0.2) is 23.9 Å². The number of aromatic amines is 1. The van der Waals surface area contributed by atoms with Gasteiger partial charge in [-0.2, -0.15) is 10.1 Å². The smallest absolute Gasteiger partial charge is 0.260 e. The van der Waals surface area contributed by atoms with E-state index in [0.717, 1.165) is 10.9 Å². The Labute approximate surface area is 199 Å². The van der Waals surface area contributed by atoms with Crippen molar-refractivity contribution in [2.24, 2.45) is 7.05 Å². The molecule has 0 unspecified atom stereocenters. The van der Waals surface area contributed by atoms with Crippen LogP contribution < -0.4 is 20.1 Å². The summed E-state index contributed by atoms with van der Waals surface area (Å²) in [7, 11) is 3.27. The average molecular weight is 484 g/mol. The summed E-state index contributed by atoms with van der Waals surface area (Å²) in [5.41, 5.74) is 1.12. The molecule has 0 spiro atoms. The number of anilines is 2. The van der Waals surface area contributed by atoms with Crippen molar-refractivity contribution in [3.8, 4) is 22.9 Å². The molecule has 34 heavy (non-hydrogen) atoms. The Morgan fingerprint density at radius 3 is 2.88 bits per heavy atom. The molecule has 1 saturated carbocycles. The number of halogens is 1. The van der Waals surface area contributed by atoms with E-state index in [1.54, 1.807) is 36.1 Å². The lowest BCUT2D eigenvalue weighted by Gasteiger charge is -2.13. The fraction of sp³-hybridized carbons (Fsp3) is 0.273. The van der Waals surface area contributed by atoms with Gasteiger partial charge in [-0.25, -0.2) is 4.68 Å². The largest absolute Gasteiger partial charge is 0.493 e. The highest BCUT2D eigenvalue weighted by molar-refractivity contribution is 6.38. The fourth-order valence-corrected chi connectivity index (χ4v) is 3.68. The Hall–Kier alpha value is -3.83. The number of fused-ring (bicyclic) bond motifs is 1. The summed E-state index contributed by atoms with van der Waals surface area (Å²) in [6.07, 6.45) is 2.77. The van der Waals surface area contributed by atoms with Gasteiger partial charge in [0, 0.05) is 18.0 Å². The third-order valence-corrected chi connectivity index (χ3v) is 5.85. The summed E-state index contributed by atoms with van der Waals surface area (Å²) in [5, 5.41) is 28.2. The molecule has 2 aromatic heterocycles. The summed E-state index contributed by atoms with van der Waals surface area (Å²) in [6.45, 7) is -0.240. The third kappa shape index (κ3) is 4.35. The zero-order valence-electron chi connectivity index (χ0n) is 18.4. The second-order valence-electron chi connectivity index (χ2n) is 8.00. The van der Waals surface area contributed by atoms with Crippen LogP contribution in [0.15, 0.2) is 36.5 Å². The first-order chi connectivity index (χ1) is 16.3. The van der Waals surface area contributed by atoms with E-state index in [1.165, 1.54) is 7.11 Å². The van der Waals surface area contributed by atoms with Crippen LogP contribution >= 0.6 is 11.6 Å². The Balaban J connectivity index is 1.33. The molecule has 2 aromatic carbocycles. The van der Waals surface area contributed by atoms with Crippen LogP contribution in [0.3, 0.4) is 0 Å². The van der Waals surface area contributed by atoms with Crippen LogP contribution in [0.25, 0.3) is 22.3 Å². The Morgan fingerprint density at radius 2 is 2.12 bits per heavy atom. The van der Waals surface area contributed by atoms with E-state index in [9.17, 15) is 9.90 Å². The van der Waals surface area contributed by atoms with E-state index in [4.69, 9.17) is 21.1 Å². The number of carbonyl (C=O) groups excluding carboxylic acids is 1. The van der Waals surface area contributed by atoms with Crippen LogP contribution in [0.2, 0.25) is 5.02 Å². The molecular weight excluding hydrogens is 462 g/mol. The van der Waals surface area contributed by atoms with Gasteiger partial charge in [0.05, 0.1) is 29.5 Å². The molecule has 0 bridgehead atoms. The first-order valence-electron chi connectivity index (χ1n) is 10.5. The molecule has 176 valence electrons. The number of benzene rings is 2. The molecule has 1 amide bonds. The van der Waals surface area contributed by atoms with Gasteiger partial charge < -0.3 is 25.2 Å². The quantitative estimate of drug-likeness (QED) is 0.280. The number of hydrogen-bond donors (Lipinski definition) is 4. The predicted octanol–water partition coefficient (Wildman–Crippen LogP) is 2.74. The molecule has 4 aromatic rings. The molecule has 12 heteroatoms. The normalized spacial score (nSPS) is 14.1. The predicted molar refractivity (Wildman–Crippen MR) is 125 cm³/mol. The number of aryl methyl sites for hydroxylation is 1. The maximum atomic E-state index is 11.9. The van der Waals surface area contributed by atoms with Crippen molar-refractivity contribution in [1.29, 1.82) is 0 Å². The maximum Gasteiger partial charge on any atom is 0.260 e. The number of amides is 1. The molecule has 0 aliphatic heterocycles. The molecule has 11 nitrogen and oxygen atoms in total. The minimum Gasteiger partial charge on any atom is -0.493 e. The molecule has 4 N–H and O–H groups in total. The zero-order valence-corrected chi connectivity index (χ0v) is 19.2. The van der Waals surface area contributed by atoms with Crippen molar-refractivity contribution >= 4 is 40.0 Å². The van der Waals surface area contributed by atoms with Crippen LogP contribution in [0.5, 0.6) is 11.5 Å². The van der Waals surface area contributed by atoms with Crippen LogP contribution in [0.1, 0.15) is 12.8 Å². The monoisotopic (exact) mass is 483 g/mol. The lowest BCUT2D eigenvalue weighted by atomic mass is 10.2. The van der Waals surface area contributed by atoms with Gasteiger partial charge in [-0.1, -0.05) is 11.6 Å². The van der Waals surface area contributed by atoms with Crippen molar-refractivity contribution in [2.75, 3.05) is 19.0 Å². The van der Waals surface area contributed by atoms with Crippen molar-refractivity contribution < 1.29 is 19.4 Å².